The standard InChI is InChI=1S/C14H18O/c1-10(2)7-8-14(15)13-9-11-5-3-4-6-12(11)13/h3-6,13-15H,1,7-9H2,2H3. The number of rotatable bonds is 4. The molecule has 1 nitrogen and oxygen atoms in total. The van der Waals surface area contributed by atoms with Gasteiger partial charge in [-0.3, -0.25) is 0 Å². The lowest BCUT2D eigenvalue weighted by molar-refractivity contribution is 0.124. The van der Waals surface area contributed by atoms with Gasteiger partial charge in [0, 0.05) is 5.92 Å². The zero-order valence-corrected chi connectivity index (χ0v) is 9.24. The molecule has 2 unspecified atom stereocenters. The fourth-order valence-electron chi connectivity index (χ4n) is 2.24. The molecule has 0 aromatic heterocycles. The summed E-state index contributed by atoms with van der Waals surface area (Å²) in [5, 5.41) is 10.0. The highest BCUT2D eigenvalue weighted by Gasteiger charge is 2.30. The van der Waals surface area contributed by atoms with E-state index in [1.165, 1.54) is 11.1 Å². The summed E-state index contributed by atoms with van der Waals surface area (Å²) in [7, 11) is 0. The molecule has 0 aliphatic heterocycles. The molecular formula is C14H18O. The van der Waals surface area contributed by atoms with Crippen molar-refractivity contribution in [3.63, 3.8) is 0 Å². The van der Waals surface area contributed by atoms with Gasteiger partial charge in [-0.15, -0.1) is 6.58 Å². The van der Waals surface area contributed by atoms with Gasteiger partial charge in [0.15, 0.2) is 0 Å². The van der Waals surface area contributed by atoms with E-state index < -0.39 is 0 Å². The van der Waals surface area contributed by atoms with Gasteiger partial charge in [0.2, 0.25) is 0 Å². The van der Waals surface area contributed by atoms with Crippen molar-refractivity contribution in [2.24, 2.45) is 0 Å². The predicted octanol–water partition coefficient (Wildman–Crippen LogP) is 3.04. The summed E-state index contributed by atoms with van der Waals surface area (Å²) in [6.45, 7) is 5.88. The summed E-state index contributed by atoms with van der Waals surface area (Å²) in [6, 6.07) is 8.40. The number of hydrogen-bond acceptors (Lipinski definition) is 1. The molecule has 0 spiro atoms. The number of allylic oxidation sites excluding steroid dienone is 1. The van der Waals surface area contributed by atoms with E-state index in [1.807, 2.05) is 6.92 Å². The van der Waals surface area contributed by atoms with Crippen LogP contribution in [0.1, 0.15) is 36.8 Å². The van der Waals surface area contributed by atoms with Crippen LogP contribution in [-0.4, -0.2) is 11.2 Å². The maximum atomic E-state index is 10.0. The molecule has 1 N–H and O–H groups in total. The Labute approximate surface area is 91.4 Å². The first-order chi connectivity index (χ1) is 7.18. The van der Waals surface area contributed by atoms with Gasteiger partial charge in [0.1, 0.15) is 0 Å². The quantitative estimate of drug-likeness (QED) is 0.744. The molecule has 0 bridgehead atoms. The third kappa shape index (κ3) is 2.13. The second kappa shape index (κ2) is 4.19. The monoisotopic (exact) mass is 202 g/mol. The zero-order chi connectivity index (χ0) is 10.8. The van der Waals surface area contributed by atoms with E-state index in [0.29, 0.717) is 5.92 Å². The van der Waals surface area contributed by atoms with Gasteiger partial charge < -0.3 is 5.11 Å². The molecule has 1 aliphatic rings. The lowest BCUT2D eigenvalue weighted by Crippen LogP contribution is -2.28. The summed E-state index contributed by atoms with van der Waals surface area (Å²) in [4.78, 5) is 0. The molecular weight excluding hydrogens is 184 g/mol. The van der Waals surface area contributed by atoms with Crippen molar-refractivity contribution in [2.75, 3.05) is 0 Å². The maximum Gasteiger partial charge on any atom is 0.0615 e. The molecule has 0 amide bonds. The third-order valence-corrected chi connectivity index (χ3v) is 3.23. The SMILES string of the molecule is C=C(C)CCC(O)C1Cc2ccccc21. The van der Waals surface area contributed by atoms with Gasteiger partial charge in [0.05, 0.1) is 6.10 Å². The Kier molecular flexibility index (Phi) is 2.92. The number of benzene rings is 1. The molecule has 0 saturated heterocycles. The van der Waals surface area contributed by atoms with E-state index in [0.717, 1.165) is 24.8 Å². The summed E-state index contributed by atoms with van der Waals surface area (Å²) >= 11 is 0. The minimum Gasteiger partial charge on any atom is -0.392 e. The molecule has 0 fully saturated rings. The average molecular weight is 202 g/mol. The average Bonchev–Trinajstić information content (AvgIpc) is 2.17. The van der Waals surface area contributed by atoms with E-state index in [4.69, 9.17) is 0 Å². The van der Waals surface area contributed by atoms with Crippen LogP contribution in [-0.2, 0) is 6.42 Å². The normalized spacial score (nSPS) is 20.3. The first kappa shape index (κ1) is 10.4. The number of aliphatic hydroxyl groups is 1. The van der Waals surface area contributed by atoms with Crippen molar-refractivity contribution in [3.8, 4) is 0 Å². The molecule has 2 rings (SSSR count). The molecule has 1 aromatic rings. The van der Waals surface area contributed by atoms with Crippen LogP contribution in [0.5, 0.6) is 0 Å². The fourth-order valence-corrected chi connectivity index (χ4v) is 2.24. The van der Waals surface area contributed by atoms with Gasteiger partial charge in [-0.1, -0.05) is 29.8 Å². The highest BCUT2D eigenvalue weighted by atomic mass is 16.3. The molecule has 1 heteroatoms. The molecule has 1 aliphatic carbocycles. The maximum absolute atomic E-state index is 10.0. The molecule has 15 heavy (non-hydrogen) atoms. The summed E-state index contributed by atoms with van der Waals surface area (Å²) in [5.74, 6) is 0.362. The van der Waals surface area contributed by atoms with Gasteiger partial charge in [-0.25, -0.2) is 0 Å². The second-order valence-corrected chi connectivity index (χ2v) is 4.57. The largest absolute Gasteiger partial charge is 0.392 e. The van der Waals surface area contributed by atoms with Crippen molar-refractivity contribution in [3.05, 3.63) is 47.5 Å². The predicted molar refractivity (Wildman–Crippen MR) is 62.9 cm³/mol. The van der Waals surface area contributed by atoms with Crippen molar-refractivity contribution in [1.82, 2.24) is 0 Å². The van der Waals surface area contributed by atoms with Gasteiger partial charge in [0.25, 0.3) is 0 Å². The third-order valence-electron chi connectivity index (χ3n) is 3.23. The smallest absolute Gasteiger partial charge is 0.0615 e. The van der Waals surface area contributed by atoms with Gasteiger partial charge in [-0.2, -0.15) is 0 Å². The minimum atomic E-state index is -0.198. The first-order valence-electron chi connectivity index (χ1n) is 5.58. The molecule has 0 heterocycles. The van der Waals surface area contributed by atoms with Crippen LogP contribution in [0.25, 0.3) is 0 Å². The fraction of sp³-hybridized carbons (Fsp3) is 0.429. The molecule has 0 radical (unpaired) electrons. The van der Waals surface area contributed by atoms with Crippen LogP contribution in [0.4, 0.5) is 0 Å². The van der Waals surface area contributed by atoms with Crippen LogP contribution in [0, 0.1) is 0 Å². The Bertz CT molecular complexity index is 367. The van der Waals surface area contributed by atoms with E-state index in [2.05, 4.69) is 30.8 Å². The summed E-state index contributed by atoms with van der Waals surface area (Å²) in [5.41, 5.74) is 3.89. The van der Waals surface area contributed by atoms with Crippen molar-refractivity contribution >= 4 is 0 Å². The molecule has 2 atom stereocenters. The number of hydrogen-bond donors (Lipinski definition) is 1. The molecule has 1 aromatic carbocycles. The number of aliphatic hydroxyl groups excluding tert-OH is 1. The van der Waals surface area contributed by atoms with E-state index in [1.54, 1.807) is 0 Å². The van der Waals surface area contributed by atoms with Crippen LogP contribution >= 0.6 is 0 Å². The van der Waals surface area contributed by atoms with E-state index in [-0.39, 0.29) is 6.10 Å². The van der Waals surface area contributed by atoms with Crippen molar-refractivity contribution in [1.29, 1.82) is 0 Å². The van der Waals surface area contributed by atoms with Gasteiger partial charge >= 0.3 is 0 Å². The Hall–Kier alpha value is -1.08. The van der Waals surface area contributed by atoms with Crippen molar-refractivity contribution in [2.45, 2.75) is 38.2 Å². The summed E-state index contributed by atoms with van der Waals surface area (Å²) in [6.07, 6.45) is 2.61. The van der Waals surface area contributed by atoms with Crippen LogP contribution < -0.4 is 0 Å². The minimum absolute atomic E-state index is 0.198. The van der Waals surface area contributed by atoms with Crippen LogP contribution in [0.2, 0.25) is 0 Å². The Morgan fingerprint density at radius 3 is 2.93 bits per heavy atom. The lowest BCUT2D eigenvalue weighted by atomic mass is 9.73. The van der Waals surface area contributed by atoms with Crippen LogP contribution in [0.3, 0.4) is 0 Å². The second-order valence-electron chi connectivity index (χ2n) is 4.57. The zero-order valence-electron chi connectivity index (χ0n) is 9.24. The van der Waals surface area contributed by atoms with Crippen molar-refractivity contribution < 1.29 is 5.11 Å². The first-order valence-corrected chi connectivity index (χ1v) is 5.58. The van der Waals surface area contributed by atoms with E-state index >= 15 is 0 Å². The Morgan fingerprint density at radius 1 is 1.53 bits per heavy atom. The molecule has 80 valence electrons. The molecule has 0 saturated carbocycles. The summed E-state index contributed by atoms with van der Waals surface area (Å²) < 4.78 is 0. The van der Waals surface area contributed by atoms with Crippen LogP contribution in [0.15, 0.2) is 36.4 Å². The highest BCUT2D eigenvalue weighted by molar-refractivity contribution is 5.40. The Morgan fingerprint density at radius 2 is 2.27 bits per heavy atom. The van der Waals surface area contributed by atoms with E-state index in [9.17, 15) is 5.11 Å². The number of fused-ring (bicyclic) bond motifs is 1. The topological polar surface area (TPSA) is 20.2 Å². The van der Waals surface area contributed by atoms with Gasteiger partial charge in [-0.05, 0) is 37.3 Å². The Balaban J connectivity index is 1.95. The lowest BCUT2D eigenvalue weighted by Gasteiger charge is -2.34. The highest BCUT2D eigenvalue weighted by Crippen LogP contribution is 2.38.